The molecule has 0 saturated carbocycles. The molecule has 0 radical (unpaired) electrons. The second-order valence-electron chi connectivity index (χ2n) is 3.30. The Labute approximate surface area is 120 Å². The van der Waals surface area contributed by atoms with E-state index in [2.05, 4.69) is 9.95 Å². The SMILES string of the molecule is N#[N+]c1ccccc1.N#[N+]c1ccccc1.O=P([O-])([O-])F. The first-order valence-corrected chi connectivity index (χ1v) is 6.82. The number of halogens is 1. The highest BCUT2D eigenvalue weighted by atomic mass is 31.2. The Bertz CT molecular complexity index is 592. The normalized spacial score (nSPS) is 8.81. The summed E-state index contributed by atoms with van der Waals surface area (Å²) in [6, 6.07) is 17.9. The van der Waals surface area contributed by atoms with E-state index in [0.29, 0.717) is 11.4 Å². The zero-order chi connectivity index (χ0) is 16.1. The van der Waals surface area contributed by atoms with Crippen molar-refractivity contribution >= 4 is 19.3 Å². The predicted octanol–water partition coefficient (Wildman–Crippen LogP) is 3.13. The molecule has 0 saturated heterocycles. The Morgan fingerprint density at radius 3 is 1.19 bits per heavy atom. The molecule has 0 aromatic heterocycles. The van der Waals surface area contributed by atoms with Crippen molar-refractivity contribution in [2.75, 3.05) is 0 Å². The van der Waals surface area contributed by atoms with Crippen LogP contribution < -0.4 is 9.79 Å². The van der Waals surface area contributed by atoms with Gasteiger partial charge in [-0.25, -0.2) is 4.20 Å². The fraction of sp³-hybridized carbons (Fsp3) is 0. The molecule has 2 aromatic carbocycles. The van der Waals surface area contributed by atoms with Gasteiger partial charge in [0.05, 0.1) is 0 Å². The molecule has 0 N–H and O–H groups in total. The minimum absolute atomic E-state index is 0.590. The molecule has 0 unspecified atom stereocenters. The molecule has 0 fully saturated rings. The maximum absolute atomic E-state index is 10.1. The van der Waals surface area contributed by atoms with Crippen molar-refractivity contribution in [3.05, 3.63) is 70.6 Å². The Balaban J connectivity index is 0.000000296. The fourth-order valence-corrected chi connectivity index (χ4v) is 0.989. The van der Waals surface area contributed by atoms with E-state index in [1.807, 2.05) is 36.4 Å². The zero-order valence-electron chi connectivity index (χ0n) is 10.6. The topological polar surface area (TPSA) is 119 Å². The summed E-state index contributed by atoms with van der Waals surface area (Å²) < 4.78 is 18.6. The van der Waals surface area contributed by atoms with Crippen LogP contribution in [-0.2, 0) is 4.57 Å². The van der Waals surface area contributed by atoms with Crippen LogP contribution in [0, 0.1) is 10.8 Å². The molecule has 9 heteroatoms. The lowest BCUT2D eigenvalue weighted by atomic mass is 10.3. The summed E-state index contributed by atoms with van der Waals surface area (Å²) in [6.07, 6.45) is 0. The first-order chi connectivity index (χ1) is 9.86. The van der Waals surface area contributed by atoms with Crippen molar-refractivity contribution in [1.82, 2.24) is 0 Å². The van der Waals surface area contributed by atoms with Crippen LogP contribution in [0.1, 0.15) is 0 Å². The molecule has 2 rings (SSSR count). The van der Waals surface area contributed by atoms with Gasteiger partial charge < -0.3 is 14.4 Å². The summed E-state index contributed by atoms with van der Waals surface area (Å²) in [7, 11) is -5.64. The van der Waals surface area contributed by atoms with Gasteiger partial charge >= 0.3 is 11.4 Å². The van der Waals surface area contributed by atoms with Crippen LogP contribution in [-0.4, -0.2) is 0 Å². The van der Waals surface area contributed by atoms with Gasteiger partial charge in [0.1, 0.15) is 7.91 Å². The molecule has 21 heavy (non-hydrogen) atoms. The highest BCUT2D eigenvalue weighted by Gasteiger charge is 1.96. The van der Waals surface area contributed by atoms with Gasteiger partial charge in [-0.3, -0.25) is 0 Å². The van der Waals surface area contributed by atoms with Crippen LogP contribution in [0.4, 0.5) is 15.6 Å². The van der Waals surface area contributed by atoms with Gasteiger partial charge in [0, 0.05) is 24.3 Å². The Morgan fingerprint density at radius 1 is 0.810 bits per heavy atom. The third kappa shape index (κ3) is 13.6. The van der Waals surface area contributed by atoms with E-state index < -0.39 is 7.91 Å². The highest BCUT2D eigenvalue weighted by Crippen LogP contribution is 2.22. The fourth-order valence-electron chi connectivity index (χ4n) is 0.989. The lowest BCUT2D eigenvalue weighted by Crippen LogP contribution is -2.07. The molecule has 2 aromatic rings. The molecule has 108 valence electrons. The maximum Gasteiger partial charge on any atom is 0.385 e. The molecule has 0 spiro atoms. The molecule has 7 nitrogen and oxygen atoms in total. The second-order valence-corrected chi connectivity index (χ2v) is 4.16. The van der Waals surface area contributed by atoms with E-state index in [1.54, 1.807) is 24.3 Å². The average molecular weight is 308 g/mol. The van der Waals surface area contributed by atoms with Gasteiger partial charge in [-0.15, -0.1) is 0 Å². The minimum Gasteiger partial charge on any atom is -0.786 e. The van der Waals surface area contributed by atoms with Gasteiger partial charge in [0.2, 0.25) is 10.8 Å². The molecule has 0 heterocycles. The minimum atomic E-state index is -5.64. The molecule has 0 amide bonds. The number of nitrogens with zero attached hydrogens (tertiary/aromatic N) is 4. The van der Waals surface area contributed by atoms with E-state index in [1.165, 1.54) is 0 Å². The molecule has 0 aliphatic heterocycles. The van der Waals surface area contributed by atoms with E-state index in [9.17, 15) is 4.20 Å². The van der Waals surface area contributed by atoms with Crippen molar-refractivity contribution in [1.29, 1.82) is 10.8 Å². The summed E-state index contributed by atoms with van der Waals surface area (Å²) in [5.74, 6) is 0. The Hall–Kier alpha value is -2.64. The lowest BCUT2D eigenvalue weighted by Gasteiger charge is -2.15. The van der Waals surface area contributed by atoms with Crippen molar-refractivity contribution in [2.24, 2.45) is 0 Å². The van der Waals surface area contributed by atoms with Crippen molar-refractivity contribution < 1.29 is 18.5 Å². The van der Waals surface area contributed by atoms with Gasteiger partial charge in [-0.1, -0.05) is 36.4 Å². The maximum atomic E-state index is 10.1. The number of diazo groups is 2. The van der Waals surface area contributed by atoms with Crippen LogP contribution in [0.5, 0.6) is 0 Å². The molecule has 0 aliphatic rings. The number of hydrogen-bond donors (Lipinski definition) is 0. The number of rotatable bonds is 0. The van der Waals surface area contributed by atoms with Crippen LogP contribution in [0.15, 0.2) is 60.7 Å². The van der Waals surface area contributed by atoms with E-state index in [4.69, 9.17) is 25.1 Å². The molecular weight excluding hydrogens is 298 g/mol. The van der Waals surface area contributed by atoms with Crippen molar-refractivity contribution in [2.45, 2.75) is 0 Å². The highest BCUT2D eigenvalue weighted by molar-refractivity contribution is 7.42. The largest absolute Gasteiger partial charge is 0.786 e. The van der Waals surface area contributed by atoms with Crippen LogP contribution in [0.25, 0.3) is 9.95 Å². The summed E-state index contributed by atoms with van der Waals surface area (Å²) in [4.78, 5) is 22.8. The molecular formula is C12H10FN4O3P. The standard InChI is InChI=1S/2C6H5N2.FH2O3P/c2*7-8-6-4-2-1-3-5-6;1-5(2,3)4/h2*1-5H;(H2,2,3,4)/q2*+1;/p-2. The van der Waals surface area contributed by atoms with Gasteiger partial charge in [-0.2, -0.15) is 0 Å². The summed E-state index contributed by atoms with van der Waals surface area (Å²) in [6.45, 7) is 0. The molecule has 0 bridgehead atoms. The van der Waals surface area contributed by atoms with Crippen molar-refractivity contribution in [3.63, 3.8) is 0 Å². The van der Waals surface area contributed by atoms with Gasteiger partial charge in [0.25, 0.3) is 0 Å². The first kappa shape index (κ1) is 18.4. The summed E-state index contributed by atoms with van der Waals surface area (Å²) >= 11 is 0. The molecule has 0 atom stereocenters. The van der Waals surface area contributed by atoms with Crippen LogP contribution in [0.2, 0.25) is 0 Å². The number of hydrogen-bond acceptors (Lipinski definition) is 5. The monoisotopic (exact) mass is 308 g/mol. The third-order valence-electron chi connectivity index (χ3n) is 1.74. The Morgan fingerprint density at radius 2 is 1.05 bits per heavy atom. The third-order valence-corrected chi connectivity index (χ3v) is 1.74. The van der Waals surface area contributed by atoms with E-state index in [0.717, 1.165) is 0 Å². The summed E-state index contributed by atoms with van der Waals surface area (Å²) in [5, 5.41) is 16.3. The van der Waals surface area contributed by atoms with Crippen molar-refractivity contribution in [3.8, 4) is 0 Å². The smallest absolute Gasteiger partial charge is 0.385 e. The van der Waals surface area contributed by atoms with Gasteiger partial charge in [-0.05, 0) is 0 Å². The van der Waals surface area contributed by atoms with Crippen LogP contribution in [0.3, 0.4) is 0 Å². The molecule has 0 aliphatic carbocycles. The van der Waals surface area contributed by atoms with Gasteiger partial charge in [0.15, 0.2) is 9.95 Å². The predicted molar refractivity (Wildman–Crippen MR) is 71.1 cm³/mol. The number of benzene rings is 2. The zero-order valence-corrected chi connectivity index (χ0v) is 11.5. The Kier molecular flexibility index (Phi) is 8.90. The second kappa shape index (κ2) is 10.2. The quantitative estimate of drug-likeness (QED) is 0.547. The average Bonchev–Trinajstić information content (AvgIpc) is 2.48. The lowest BCUT2D eigenvalue weighted by molar-refractivity contribution is -0.328. The summed E-state index contributed by atoms with van der Waals surface area (Å²) in [5.41, 5.74) is 1.18. The van der Waals surface area contributed by atoms with E-state index in [-0.39, 0.29) is 0 Å². The van der Waals surface area contributed by atoms with Crippen LogP contribution >= 0.6 is 7.91 Å². The first-order valence-electron chi connectivity index (χ1n) is 5.39. The van der Waals surface area contributed by atoms with E-state index >= 15 is 0 Å².